The Morgan fingerprint density at radius 1 is 1.29 bits per heavy atom. The molecule has 0 saturated carbocycles. The fourth-order valence-corrected chi connectivity index (χ4v) is 3.35. The minimum absolute atomic E-state index is 0.162. The summed E-state index contributed by atoms with van der Waals surface area (Å²) in [5, 5.41) is 3.70. The summed E-state index contributed by atoms with van der Waals surface area (Å²) in [6, 6.07) is 7.93. The predicted octanol–water partition coefficient (Wildman–Crippen LogP) is 5.32. The van der Waals surface area contributed by atoms with Crippen molar-refractivity contribution < 1.29 is 13.9 Å². The first-order chi connectivity index (χ1) is 11.4. The maximum absolute atomic E-state index is 13.7. The minimum atomic E-state index is -0.370. The number of aryl methyl sites for hydroxylation is 1. The van der Waals surface area contributed by atoms with Crippen molar-refractivity contribution in [2.75, 3.05) is 18.2 Å². The number of thioether (sulfide) groups is 1. The molecular formula is C17H16Cl2FNO2S. The lowest BCUT2D eigenvalue weighted by atomic mass is 10.2. The second kappa shape index (κ2) is 8.60. The van der Waals surface area contributed by atoms with Crippen molar-refractivity contribution in [1.29, 1.82) is 0 Å². The molecule has 0 aliphatic heterocycles. The topological polar surface area (TPSA) is 38.3 Å². The zero-order chi connectivity index (χ0) is 17.7. The standard InChI is InChI=1S/C17H16Cl2FNO2S/c1-10-6-15(16(23-2)7-13(10)19)21-17(22)9-24-8-11-12(18)4-3-5-14(11)20/h3-7H,8-9H2,1-2H3,(H,21,22). The van der Waals surface area contributed by atoms with E-state index in [9.17, 15) is 9.18 Å². The van der Waals surface area contributed by atoms with Crippen LogP contribution in [0.15, 0.2) is 30.3 Å². The number of hydrogen-bond acceptors (Lipinski definition) is 3. The normalized spacial score (nSPS) is 10.5. The van der Waals surface area contributed by atoms with Gasteiger partial charge in [0.25, 0.3) is 0 Å². The fourth-order valence-electron chi connectivity index (χ4n) is 2.03. The minimum Gasteiger partial charge on any atom is -0.495 e. The van der Waals surface area contributed by atoms with Crippen LogP contribution in [0.2, 0.25) is 10.0 Å². The number of carbonyl (C=O) groups is 1. The Labute approximate surface area is 154 Å². The van der Waals surface area contributed by atoms with Gasteiger partial charge in [-0.3, -0.25) is 4.79 Å². The SMILES string of the molecule is COc1cc(Cl)c(C)cc1NC(=O)CSCc1c(F)cccc1Cl. The van der Waals surface area contributed by atoms with Gasteiger partial charge in [0.2, 0.25) is 5.91 Å². The maximum atomic E-state index is 13.7. The lowest BCUT2D eigenvalue weighted by molar-refractivity contribution is -0.113. The van der Waals surface area contributed by atoms with Gasteiger partial charge in [0.1, 0.15) is 11.6 Å². The van der Waals surface area contributed by atoms with Gasteiger partial charge in [-0.05, 0) is 30.7 Å². The van der Waals surface area contributed by atoms with E-state index in [2.05, 4.69) is 5.32 Å². The first-order valence-corrected chi connectivity index (χ1v) is 8.98. The average molecular weight is 388 g/mol. The summed E-state index contributed by atoms with van der Waals surface area (Å²) < 4.78 is 18.9. The van der Waals surface area contributed by atoms with E-state index in [1.807, 2.05) is 6.92 Å². The molecule has 7 heteroatoms. The Morgan fingerprint density at radius 3 is 2.71 bits per heavy atom. The molecule has 0 unspecified atom stereocenters. The van der Waals surface area contributed by atoms with E-state index < -0.39 is 0 Å². The maximum Gasteiger partial charge on any atom is 0.234 e. The number of nitrogens with one attached hydrogen (secondary N) is 1. The van der Waals surface area contributed by atoms with Crippen molar-refractivity contribution in [3.63, 3.8) is 0 Å². The van der Waals surface area contributed by atoms with Crippen molar-refractivity contribution in [2.45, 2.75) is 12.7 Å². The van der Waals surface area contributed by atoms with Crippen molar-refractivity contribution in [2.24, 2.45) is 0 Å². The Hall–Kier alpha value is -1.43. The highest BCUT2D eigenvalue weighted by molar-refractivity contribution is 7.99. The molecule has 2 rings (SSSR count). The monoisotopic (exact) mass is 387 g/mol. The van der Waals surface area contributed by atoms with Crippen LogP contribution in [0, 0.1) is 12.7 Å². The molecule has 0 bridgehead atoms. The number of rotatable bonds is 6. The van der Waals surface area contributed by atoms with Crippen molar-refractivity contribution >= 4 is 46.6 Å². The highest BCUT2D eigenvalue weighted by Gasteiger charge is 2.12. The highest BCUT2D eigenvalue weighted by atomic mass is 35.5. The van der Waals surface area contributed by atoms with Crippen LogP contribution in [-0.4, -0.2) is 18.8 Å². The van der Waals surface area contributed by atoms with Crippen LogP contribution in [-0.2, 0) is 10.5 Å². The molecule has 0 atom stereocenters. The number of hydrogen-bond donors (Lipinski definition) is 1. The molecule has 1 N–H and O–H groups in total. The third-order valence-corrected chi connectivity index (χ3v) is 5.02. The van der Waals surface area contributed by atoms with E-state index in [1.54, 1.807) is 24.3 Å². The number of halogens is 3. The number of anilines is 1. The van der Waals surface area contributed by atoms with Gasteiger partial charge in [-0.1, -0.05) is 29.3 Å². The molecule has 2 aromatic carbocycles. The number of benzene rings is 2. The van der Waals surface area contributed by atoms with Crippen LogP contribution in [0.1, 0.15) is 11.1 Å². The first kappa shape index (κ1) is 18.9. The summed E-state index contributed by atoms with van der Waals surface area (Å²) in [6.07, 6.45) is 0. The van der Waals surface area contributed by atoms with Crippen LogP contribution < -0.4 is 10.1 Å². The lowest BCUT2D eigenvalue weighted by Gasteiger charge is -2.12. The van der Waals surface area contributed by atoms with Crippen LogP contribution >= 0.6 is 35.0 Å². The Morgan fingerprint density at radius 2 is 2.04 bits per heavy atom. The summed E-state index contributed by atoms with van der Waals surface area (Å²) in [5.74, 6) is 0.379. The van der Waals surface area contributed by atoms with Gasteiger partial charge in [0.05, 0.1) is 18.6 Å². The molecular weight excluding hydrogens is 372 g/mol. The van der Waals surface area contributed by atoms with Crippen LogP contribution in [0.4, 0.5) is 10.1 Å². The molecule has 0 aromatic heterocycles. The van der Waals surface area contributed by atoms with Gasteiger partial charge in [0, 0.05) is 27.4 Å². The highest BCUT2D eigenvalue weighted by Crippen LogP contribution is 2.31. The summed E-state index contributed by atoms with van der Waals surface area (Å²) in [6.45, 7) is 1.84. The van der Waals surface area contributed by atoms with Gasteiger partial charge in [0.15, 0.2) is 0 Å². The van der Waals surface area contributed by atoms with E-state index in [4.69, 9.17) is 27.9 Å². The summed E-state index contributed by atoms with van der Waals surface area (Å²) in [4.78, 5) is 12.1. The van der Waals surface area contributed by atoms with Gasteiger partial charge in [-0.2, -0.15) is 0 Å². The van der Waals surface area contributed by atoms with Gasteiger partial charge in [-0.25, -0.2) is 4.39 Å². The molecule has 1 amide bonds. The fraction of sp³-hybridized carbons (Fsp3) is 0.235. The lowest BCUT2D eigenvalue weighted by Crippen LogP contribution is -2.15. The first-order valence-electron chi connectivity index (χ1n) is 7.07. The average Bonchev–Trinajstić information content (AvgIpc) is 2.53. The quantitative estimate of drug-likeness (QED) is 0.728. The molecule has 128 valence electrons. The second-order valence-corrected chi connectivity index (χ2v) is 6.84. The van der Waals surface area contributed by atoms with E-state index in [0.29, 0.717) is 32.8 Å². The smallest absolute Gasteiger partial charge is 0.234 e. The zero-order valence-electron chi connectivity index (χ0n) is 13.2. The van der Waals surface area contributed by atoms with E-state index >= 15 is 0 Å². The van der Waals surface area contributed by atoms with E-state index in [1.165, 1.54) is 24.9 Å². The third kappa shape index (κ3) is 4.79. The van der Waals surface area contributed by atoms with Crippen molar-refractivity contribution in [1.82, 2.24) is 0 Å². The predicted molar refractivity (Wildman–Crippen MR) is 98.9 cm³/mol. The van der Waals surface area contributed by atoms with Crippen LogP contribution in [0.5, 0.6) is 5.75 Å². The van der Waals surface area contributed by atoms with Crippen molar-refractivity contribution in [3.05, 3.63) is 57.3 Å². The summed E-state index contributed by atoms with van der Waals surface area (Å²) in [5.41, 5.74) is 1.78. The van der Waals surface area contributed by atoms with E-state index in [-0.39, 0.29) is 17.5 Å². The molecule has 0 aliphatic rings. The molecule has 0 radical (unpaired) electrons. The Bertz CT molecular complexity index is 735. The molecule has 24 heavy (non-hydrogen) atoms. The molecule has 3 nitrogen and oxygen atoms in total. The van der Waals surface area contributed by atoms with E-state index in [0.717, 1.165) is 5.56 Å². The number of methoxy groups -OCH3 is 1. The number of amides is 1. The molecule has 2 aromatic rings. The third-order valence-electron chi connectivity index (χ3n) is 3.30. The van der Waals surface area contributed by atoms with Gasteiger partial charge >= 0.3 is 0 Å². The van der Waals surface area contributed by atoms with Crippen LogP contribution in [0.25, 0.3) is 0 Å². The van der Waals surface area contributed by atoms with Gasteiger partial charge < -0.3 is 10.1 Å². The second-order valence-electron chi connectivity index (χ2n) is 5.04. The number of carbonyl (C=O) groups excluding carboxylic acids is 1. The summed E-state index contributed by atoms with van der Waals surface area (Å²) >= 11 is 13.3. The molecule has 0 saturated heterocycles. The van der Waals surface area contributed by atoms with Gasteiger partial charge in [-0.15, -0.1) is 11.8 Å². The largest absolute Gasteiger partial charge is 0.495 e. The van der Waals surface area contributed by atoms with Crippen molar-refractivity contribution in [3.8, 4) is 5.75 Å². The molecule has 0 aliphatic carbocycles. The number of ether oxygens (including phenoxy) is 1. The summed E-state index contributed by atoms with van der Waals surface area (Å²) in [7, 11) is 1.51. The molecule has 0 fully saturated rings. The zero-order valence-corrected chi connectivity index (χ0v) is 15.5. The Kier molecular flexibility index (Phi) is 6.78. The molecule has 0 heterocycles. The molecule has 0 spiro atoms. The Balaban J connectivity index is 1.96. The van der Waals surface area contributed by atoms with Crippen LogP contribution in [0.3, 0.4) is 0 Å².